The van der Waals surface area contributed by atoms with Gasteiger partial charge in [0, 0.05) is 11.1 Å². The van der Waals surface area contributed by atoms with Crippen LogP contribution in [0.1, 0.15) is 36.7 Å². The van der Waals surface area contributed by atoms with Gasteiger partial charge in [-0.3, -0.25) is 4.79 Å². The van der Waals surface area contributed by atoms with Gasteiger partial charge < -0.3 is 14.4 Å². The quantitative estimate of drug-likeness (QED) is 0.804. The van der Waals surface area contributed by atoms with Crippen LogP contribution in [0.3, 0.4) is 0 Å². The zero-order chi connectivity index (χ0) is 15.2. The standard InChI is InChI=1S/C17H25NO3/c1-13(2)12-21-17-9-15(8-16(10-17)14(3)19)11-18-4-6-20-7-5-18/h8-10,13H,4-7,11-12H2,1-3H3/p+1. The second-order valence-corrected chi connectivity index (χ2v) is 6.17. The lowest BCUT2D eigenvalue weighted by atomic mass is 10.1. The molecule has 0 unspecified atom stereocenters. The van der Waals surface area contributed by atoms with Crippen molar-refractivity contribution >= 4 is 5.78 Å². The molecule has 0 radical (unpaired) electrons. The van der Waals surface area contributed by atoms with Crippen LogP contribution in [0.4, 0.5) is 0 Å². The molecule has 21 heavy (non-hydrogen) atoms. The van der Waals surface area contributed by atoms with E-state index in [0.717, 1.165) is 44.2 Å². The van der Waals surface area contributed by atoms with Crippen molar-refractivity contribution in [2.45, 2.75) is 27.3 Å². The van der Waals surface area contributed by atoms with Gasteiger partial charge in [0.15, 0.2) is 5.78 Å². The van der Waals surface area contributed by atoms with Gasteiger partial charge >= 0.3 is 0 Å². The van der Waals surface area contributed by atoms with E-state index in [9.17, 15) is 4.79 Å². The molecule has 0 saturated carbocycles. The number of carbonyl (C=O) groups excluding carboxylic acids is 1. The highest BCUT2D eigenvalue weighted by molar-refractivity contribution is 5.94. The predicted octanol–water partition coefficient (Wildman–Crippen LogP) is 1.34. The maximum absolute atomic E-state index is 11.7. The second kappa shape index (κ2) is 7.57. The number of ketones is 1. The van der Waals surface area contributed by atoms with Crippen molar-refractivity contribution < 1.29 is 19.2 Å². The van der Waals surface area contributed by atoms with E-state index in [2.05, 4.69) is 19.9 Å². The summed E-state index contributed by atoms with van der Waals surface area (Å²) in [5.41, 5.74) is 1.90. The lowest BCUT2D eigenvalue weighted by molar-refractivity contribution is -0.921. The van der Waals surface area contributed by atoms with Crippen LogP contribution in [0, 0.1) is 5.92 Å². The van der Waals surface area contributed by atoms with E-state index < -0.39 is 0 Å². The monoisotopic (exact) mass is 292 g/mol. The maximum Gasteiger partial charge on any atom is 0.159 e. The van der Waals surface area contributed by atoms with Gasteiger partial charge in [-0.1, -0.05) is 13.8 Å². The van der Waals surface area contributed by atoms with Crippen LogP contribution in [0.2, 0.25) is 0 Å². The summed E-state index contributed by atoms with van der Waals surface area (Å²) in [6, 6.07) is 5.91. The average Bonchev–Trinajstić information content (AvgIpc) is 2.46. The fourth-order valence-corrected chi connectivity index (χ4v) is 2.44. The Morgan fingerprint density at radius 3 is 2.62 bits per heavy atom. The van der Waals surface area contributed by atoms with Crippen molar-refractivity contribution in [3.63, 3.8) is 0 Å². The van der Waals surface area contributed by atoms with E-state index in [1.807, 2.05) is 12.1 Å². The highest BCUT2D eigenvalue weighted by Crippen LogP contribution is 2.18. The Morgan fingerprint density at radius 1 is 1.29 bits per heavy atom. The fraction of sp³-hybridized carbons (Fsp3) is 0.588. The molecule has 0 amide bonds. The highest BCUT2D eigenvalue weighted by Gasteiger charge is 2.16. The van der Waals surface area contributed by atoms with Crippen molar-refractivity contribution in [3.05, 3.63) is 29.3 Å². The van der Waals surface area contributed by atoms with Crippen molar-refractivity contribution in [1.82, 2.24) is 0 Å². The van der Waals surface area contributed by atoms with Gasteiger partial charge in [0.25, 0.3) is 0 Å². The van der Waals surface area contributed by atoms with E-state index in [0.29, 0.717) is 12.5 Å². The van der Waals surface area contributed by atoms with Crippen LogP contribution in [-0.2, 0) is 11.3 Å². The first kappa shape index (κ1) is 16.0. The molecule has 1 aromatic rings. The molecule has 1 heterocycles. The van der Waals surface area contributed by atoms with E-state index in [-0.39, 0.29) is 5.78 Å². The number of hydrogen-bond acceptors (Lipinski definition) is 3. The number of quaternary nitrogens is 1. The minimum atomic E-state index is 0.0863. The van der Waals surface area contributed by atoms with Crippen LogP contribution >= 0.6 is 0 Å². The number of ether oxygens (including phenoxy) is 2. The Bertz CT molecular complexity index is 479. The minimum absolute atomic E-state index is 0.0863. The zero-order valence-corrected chi connectivity index (χ0v) is 13.3. The van der Waals surface area contributed by atoms with Crippen molar-refractivity contribution in [2.75, 3.05) is 32.9 Å². The van der Waals surface area contributed by atoms with Crippen molar-refractivity contribution in [2.24, 2.45) is 5.92 Å². The first-order valence-corrected chi connectivity index (χ1v) is 7.73. The first-order valence-electron chi connectivity index (χ1n) is 7.73. The van der Waals surface area contributed by atoms with Gasteiger partial charge in [-0.25, -0.2) is 0 Å². The minimum Gasteiger partial charge on any atom is -0.493 e. The number of carbonyl (C=O) groups is 1. The molecule has 116 valence electrons. The van der Waals surface area contributed by atoms with Gasteiger partial charge in [0.2, 0.25) is 0 Å². The zero-order valence-electron chi connectivity index (χ0n) is 13.3. The van der Waals surface area contributed by atoms with Gasteiger partial charge in [-0.2, -0.15) is 0 Å². The molecule has 0 spiro atoms. The molecule has 1 aliphatic heterocycles. The molecule has 4 heteroatoms. The molecule has 1 fully saturated rings. The third-order valence-corrected chi connectivity index (χ3v) is 3.61. The van der Waals surface area contributed by atoms with E-state index in [1.165, 1.54) is 10.5 Å². The van der Waals surface area contributed by atoms with E-state index in [1.54, 1.807) is 6.92 Å². The molecule has 1 N–H and O–H groups in total. The van der Waals surface area contributed by atoms with Gasteiger partial charge in [-0.15, -0.1) is 0 Å². The largest absolute Gasteiger partial charge is 0.493 e. The molecule has 1 saturated heterocycles. The Balaban J connectivity index is 2.12. The predicted molar refractivity (Wildman–Crippen MR) is 82.0 cm³/mol. The topological polar surface area (TPSA) is 40.0 Å². The molecule has 0 aliphatic carbocycles. The van der Waals surface area contributed by atoms with Crippen molar-refractivity contribution in [1.29, 1.82) is 0 Å². The Hall–Kier alpha value is -1.39. The van der Waals surface area contributed by atoms with Gasteiger partial charge in [-0.05, 0) is 31.0 Å². The van der Waals surface area contributed by atoms with Crippen molar-refractivity contribution in [3.8, 4) is 5.75 Å². The van der Waals surface area contributed by atoms with Gasteiger partial charge in [0.05, 0.1) is 19.8 Å². The third-order valence-electron chi connectivity index (χ3n) is 3.61. The molecule has 0 bridgehead atoms. The van der Waals surface area contributed by atoms with Crippen LogP contribution in [-0.4, -0.2) is 38.7 Å². The Labute approximate surface area is 127 Å². The van der Waals surface area contributed by atoms with Crippen LogP contribution in [0.15, 0.2) is 18.2 Å². The summed E-state index contributed by atoms with van der Waals surface area (Å²) in [7, 11) is 0. The van der Waals surface area contributed by atoms with Gasteiger partial charge in [0.1, 0.15) is 25.4 Å². The number of hydrogen-bond donors (Lipinski definition) is 1. The SMILES string of the molecule is CC(=O)c1cc(C[NH+]2CCOCC2)cc(OCC(C)C)c1. The fourth-order valence-electron chi connectivity index (χ4n) is 2.44. The average molecular weight is 292 g/mol. The molecule has 1 aromatic carbocycles. The number of nitrogens with one attached hydrogen (secondary N) is 1. The number of Topliss-reactive ketones (excluding diaryl/α,β-unsaturated/α-hetero) is 1. The molecule has 0 atom stereocenters. The maximum atomic E-state index is 11.7. The molecular weight excluding hydrogens is 266 g/mol. The number of morpholine rings is 1. The summed E-state index contributed by atoms with van der Waals surface area (Å²) in [5.74, 6) is 1.36. The van der Waals surface area contributed by atoms with Crippen LogP contribution < -0.4 is 9.64 Å². The number of benzene rings is 1. The smallest absolute Gasteiger partial charge is 0.159 e. The molecule has 4 nitrogen and oxygen atoms in total. The first-order chi connectivity index (χ1) is 10.0. The summed E-state index contributed by atoms with van der Waals surface area (Å²) in [4.78, 5) is 13.2. The third kappa shape index (κ3) is 5.14. The normalized spacial score (nSPS) is 16.2. The Morgan fingerprint density at radius 2 is 2.00 bits per heavy atom. The second-order valence-electron chi connectivity index (χ2n) is 6.17. The summed E-state index contributed by atoms with van der Waals surface area (Å²) in [6.07, 6.45) is 0. The molecule has 2 rings (SSSR count). The molecule has 1 aliphatic rings. The van der Waals surface area contributed by atoms with E-state index >= 15 is 0 Å². The highest BCUT2D eigenvalue weighted by atomic mass is 16.5. The molecule has 0 aromatic heterocycles. The Kier molecular flexibility index (Phi) is 5.76. The number of rotatable bonds is 6. The summed E-state index contributed by atoms with van der Waals surface area (Å²) in [5, 5.41) is 0. The van der Waals surface area contributed by atoms with Crippen LogP contribution in [0.5, 0.6) is 5.75 Å². The lowest BCUT2D eigenvalue weighted by Crippen LogP contribution is -3.12. The lowest BCUT2D eigenvalue weighted by Gasteiger charge is -2.24. The molecular formula is C17H26NO3+. The summed E-state index contributed by atoms with van der Waals surface area (Å²) in [6.45, 7) is 11.1. The van der Waals surface area contributed by atoms with E-state index in [4.69, 9.17) is 9.47 Å². The summed E-state index contributed by atoms with van der Waals surface area (Å²) < 4.78 is 11.2. The summed E-state index contributed by atoms with van der Waals surface area (Å²) >= 11 is 0. The van der Waals surface area contributed by atoms with Crippen LogP contribution in [0.25, 0.3) is 0 Å².